The first-order valence-corrected chi connectivity index (χ1v) is 3.67. The van der Waals surface area contributed by atoms with E-state index in [1.165, 1.54) is 6.92 Å². The van der Waals surface area contributed by atoms with Crippen LogP contribution >= 0.6 is 11.6 Å². The van der Waals surface area contributed by atoms with Crippen molar-refractivity contribution in [3.05, 3.63) is 11.8 Å². The van der Waals surface area contributed by atoms with Gasteiger partial charge in [0.2, 0.25) is 5.78 Å². The standard InChI is InChI=1S/C7H9ClF2O2/c1-3-12-4-5(2)6(11)7(8,9)10/h4H,3H2,1-2H3/b5-4+. The number of alkyl halides is 3. The van der Waals surface area contributed by atoms with E-state index in [4.69, 9.17) is 0 Å². The molecule has 0 atom stereocenters. The van der Waals surface area contributed by atoms with Crippen LogP contribution in [0, 0.1) is 0 Å². The van der Waals surface area contributed by atoms with Crippen LogP contribution in [0.15, 0.2) is 11.8 Å². The molecule has 2 nitrogen and oxygen atoms in total. The van der Waals surface area contributed by atoms with E-state index in [0.29, 0.717) is 6.61 Å². The van der Waals surface area contributed by atoms with Gasteiger partial charge >= 0.3 is 5.38 Å². The Morgan fingerprint density at radius 1 is 1.67 bits per heavy atom. The summed E-state index contributed by atoms with van der Waals surface area (Å²) in [5.41, 5.74) is -0.197. The Hall–Kier alpha value is -0.640. The number of carbonyl (C=O) groups is 1. The molecule has 0 aromatic rings. The van der Waals surface area contributed by atoms with Gasteiger partial charge in [-0.05, 0) is 25.4 Å². The summed E-state index contributed by atoms with van der Waals surface area (Å²) >= 11 is 4.48. The predicted octanol–water partition coefficient (Wildman–Crippen LogP) is 2.33. The minimum Gasteiger partial charge on any atom is -0.501 e. The molecule has 70 valence electrons. The van der Waals surface area contributed by atoms with Crippen molar-refractivity contribution >= 4 is 17.4 Å². The molecular weight excluding hydrogens is 190 g/mol. The number of ether oxygens (including phenoxy) is 1. The summed E-state index contributed by atoms with van der Waals surface area (Å²) in [5.74, 6) is -1.43. The summed E-state index contributed by atoms with van der Waals surface area (Å²) in [4.78, 5) is 10.6. The second-order valence-corrected chi connectivity index (χ2v) is 2.56. The Morgan fingerprint density at radius 3 is 2.50 bits per heavy atom. The van der Waals surface area contributed by atoms with E-state index < -0.39 is 11.2 Å². The number of rotatable bonds is 4. The fraction of sp³-hybridized carbons (Fsp3) is 0.571. The van der Waals surface area contributed by atoms with Crippen LogP contribution in [0.2, 0.25) is 0 Å². The summed E-state index contributed by atoms with van der Waals surface area (Å²) in [6, 6.07) is 0. The van der Waals surface area contributed by atoms with Crippen molar-refractivity contribution in [1.82, 2.24) is 0 Å². The largest absolute Gasteiger partial charge is 0.501 e. The van der Waals surface area contributed by atoms with Crippen LogP contribution in [0.1, 0.15) is 13.8 Å². The second-order valence-electron chi connectivity index (χ2n) is 2.08. The monoisotopic (exact) mass is 198 g/mol. The zero-order valence-electron chi connectivity index (χ0n) is 6.73. The highest BCUT2D eigenvalue weighted by molar-refractivity contribution is 6.35. The van der Waals surface area contributed by atoms with Gasteiger partial charge in [0, 0.05) is 5.57 Å². The molecule has 5 heteroatoms. The maximum atomic E-state index is 12.1. The maximum absolute atomic E-state index is 12.1. The Bertz CT molecular complexity index is 196. The molecule has 0 heterocycles. The molecule has 0 saturated carbocycles. The van der Waals surface area contributed by atoms with Gasteiger partial charge in [-0.15, -0.1) is 0 Å². The van der Waals surface area contributed by atoms with E-state index in [0.717, 1.165) is 6.26 Å². The fourth-order valence-electron chi connectivity index (χ4n) is 0.485. The number of halogens is 3. The van der Waals surface area contributed by atoms with Crippen LogP contribution in [-0.4, -0.2) is 17.8 Å². The van der Waals surface area contributed by atoms with Crippen LogP contribution in [-0.2, 0) is 9.53 Å². The molecule has 0 unspecified atom stereocenters. The molecule has 12 heavy (non-hydrogen) atoms. The molecular formula is C7H9ClF2O2. The van der Waals surface area contributed by atoms with Gasteiger partial charge in [0.1, 0.15) is 0 Å². The zero-order chi connectivity index (χ0) is 9.78. The van der Waals surface area contributed by atoms with Gasteiger partial charge in [-0.1, -0.05) is 0 Å². The summed E-state index contributed by atoms with van der Waals surface area (Å²) < 4.78 is 28.9. The lowest BCUT2D eigenvalue weighted by molar-refractivity contribution is -0.129. The normalized spacial score (nSPS) is 12.9. The van der Waals surface area contributed by atoms with Crippen LogP contribution in [0.4, 0.5) is 8.78 Å². The number of carbonyl (C=O) groups excluding carboxylic acids is 1. The molecule has 0 aliphatic rings. The number of allylic oxidation sites excluding steroid dienone is 1. The molecule has 0 aromatic heterocycles. The third kappa shape index (κ3) is 3.67. The van der Waals surface area contributed by atoms with Gasteiger partial charge in [0.05, 0.1) is 12.9 Å². The van der Waals surface area contributed by atoms with E-state index in [2.05, 4.69) is 16.3 Å². The Balaban J connectivity index is 4.30. The number of Topliss-reactive ketones (excluding diaryl/α,β-unsaturated/α-hetero) is 1. The van der Waals surface area contributed by atoms with Gasteiger partial charge in [0.25, 0.3) is 0 Å². The van der Waals surface area contributed by atoms with E-state index >= 15 is 0 Å². The quantitative estimate of drug-likeness (QED) is 0.394. The summed E-state index contributed by atoms with van der Waals surface area (Å²) in [6.07, 6.45) is 0.971. The third-order valence-electron chi connectivity index (χ3n) is 1.04. The first-order valence-electron chi connectivity index (χ1n) is 3.29. The van der Waals surface area contributed by atoms with Crippen LogP contribution in [0.3, 0.4) is 0 Å². The van der Waals surface area contributed by atoms with Crippen LogP contribution < -0.4 is 0 Å². The van der Waals surface area contributed by atoms with Gasteiger partial charge in [-0.25, -0.2) is 0 Å². The summed E-state index contributed by atoms with van der Waals surface area (Å²) in [6.45, 7) is 3.21. The molecule has 0 bridgehead atoms. The molecule has 0 aliphatic heterocycles. The lowest BCUT2D eigenvalue weighted by atomic mass is 10.2. The molecule has 0 radical (unpaired) electrons. The van der Waals surface area contributed by atoms with Crippen LogP contribution in [0.5, 0.6) is 0 Å². The average molecular weight is 199 g/mol. The lowest BCUT2D eigenvalue weighted by Gasteiger charge is -2.05. The Labute approximate surface area is 74.1 Å². The lowest BCUT2D eigenvalue weighted by Crippen LogP contribution is -2.22. The van der Waals surface area contributed by atoms with Crippen molar-refractivity contribution in [3.63, 3.8) is 0 Å². The highest BCUT2D eigenvalue weighted by Gasteiger charge is 2.36. The smallest absolute Gasteiger partial charge is 0.384 e. The Kier molecular flexibility index (Phi) is 4.17. The van der Waals surface area contributed by atoms with Gasteiger partial charge in [0.15, 0.2) is 0 Å². The van der Waals surface area contributed by atoms with Gasteiger partial charge < -0.3 is 4.74 Å². The van der Waals surface area contributed by atoms with Crippen molar-refractivity contribution < 1.29 is 18.3 Å². The average Bonchev–Trinajstić information content (AvgIpc) is 1.97. The Morgan fingerprint density at radius 2 is 2.17 bits per heavy atom. The van der Waals surface area contributed by atoms with Crippen molar-refractivity contribution in [2.45, 2.75) is 19.2 Å². The zero-order valence-corrected chi connectivity index (χ0v) is 7.49. The minimum absolute atomic E-state index is 0.197. The van der Waals surface area contributed by atoms with Crippen molar-refractivity contribution in [1.29, 1.82) is 0 Å². The van der Waals surface area contributed by atoms with Gasteiger partial charge in [-0.3, -0.25) is 4.79 Å². The van der Waals surface area contributed by atoms with E-state index in [-0.39, 0.29) is 5.57 Å². The van der Waals surface area contributed by atoms with E-state index in [9.17, 15) is 13.6 Å². The summed E-state index contributed by atoms with van der Waals surface area (Å²) in [5, 5.41) is -3.84. The molecule has 0 rings (SSSR count). The molecule has 0 aliphatic carbocycles. The highest BCUT2D eigenvalue weighted by Crippen LogP contribution is 2.23. The summed E-state index contributed by atoms with van der Waals surface area (Å²) in [7, 11) is 0. The van der Waals surface area contributed by atoms with Crippen molar-refractivity contribution in [2.24, 2.45) is 0 Å². The topological polar surface area (TPSA) is 26.3 Å². The number of ketones is 1. The molecule has 0 N–H and O–H groups in total. The van der Waals surface area contributed by atoms with E-state index in [1.807, 2.05) is 0 Å². The first-order chi connectivity index (χ1) is 5.39. The second kappa shape index (κ2) is 4.40. The maximum Gasteiger partial charge on any atom is 0.384 e. The first kappa shape index (κ1) is 11.4. The highest BCUT2D eigenvalue weighted by atomic mass is 35.5. The molecule has 0 aromatic carbocycles. The van der Waals surface area contributed by atoms with Crippen molar-refractivity contribution in [3.8, 4) is 0 Å². The fourth-order valence-corrected chi connectivity index (χ4v) is 0.634. The number of hydrogen-bond donors (Lipinski definition) is 0. The number of hydrogen-bond acceptors (Lipinski definition) is 2. The van der Waals surface area contributed by atoms with Gasteiger partial charge in [-0.2, -0.15) is 8.78 Å². The van der Waals surface area contributed by atoms with Crippen molar-refractivity contribution in [2.75, 3.05) is 6.61 Å². The predicted molar refractivity (Wildman–Crippen MR) is 41.2 cm³/mol. The molecule has 0 fully saturated rings. The van der Waals surface area contributed by atoms with Crippen LogP contribution in [0.25, 0.3) is 0 Å². The minimum atomic E-state index is -3.84. The molecule has 0 spiro atoms. The SMILES string of the molecule is CCO/C=C(\C)C(=O)C(F)(F)Cl. The third-order valence-corrected chi connectivity index (χ3v) is 1.21. The molecule has 0 saturated heterocycles. The van der Waals surface area contributed by atoms with E-state index in [1.54, 1.807) is 6.92 Å². The molecule has 0 amide bonds.